The molecule has 0 amide bonds. The molecule has 124 valence electrons. The summed E-state index contributed by atoms with van der Waals surface area (Å²) in [6, 6.07) is 0. The summed E-state index contributed by atoms with van der Waals surface area (Å²) in [4.78, 5) is 4.47. The van der Waals surface area contributed by atoms with Crippen LogP contribution in [-0.2, 0) is 12.6 Å². The Bertz CT molecular complexity index is 484. The van der Waals surface area contributed by atoms with Gasteiger partial charge in [0.2, 0.25) is 0 Å². The fourth-order valence-corrected chi connectivity index (χ4v) is 2.35. The molecule has 1 atom stereocenters. The van der Waals surface area contributed by atoms with Crippen molar-refractivity contribution < 1.29 is 5.11 Å². The molecule has 7 heteroatoms. The number of thioether (sulfide) groups is 1. The van der Waals surface area contributed by atoms with E-state index in [-0.39, 0.29) is 6.54 Å². The third-order valence-corrected chi connectivity index (χ3v) is 3.95. The number of aliphatic imine (C=N–C) groups is 1. The second-order valence-electron chi connectivity index (χ2n) is 5.16. The first kappa shape index (κ1) is 18.6. The highest BCUT2D eigenvalue weighted by Crippen LogP contribution is 2.19. The smallest absolute Gasteiger partial charge is 0.191 e. The number of rotatable bonds is 9. The van der Waals surface area contributed by atoms with E-state index in [1.165, 1.54) is 0 Å². The third kappa shape index (κ3) is 6.53. The van der Waals surface area contributed by atoms with Crippen LogP contribution in [0.1, 0.15) is 19.4 Å². The summed E-state index contributed by atoms with van der Waals surface area (Å²) in [6.45, 7) is 9.33. The van der Waals surface area contributed by atoms with Gasteiger partial charge in [0.05, 0.1) is 12.7 Å². The van der Waals surface area contributed by atoms with E-state index in [0.717, 1.165) is 30.2 Å². The number of aromatic nitrogens is 2. The average molecular weight is 325 g/mol. The maximum Gasteiger partial charge on any atom is 0.191 e. The van der Waals surface area contributed by atoms with Crippen molar-refractivity contribution in [3.05, 3.63) is 30.6 Å². The Hall–Kier alpha value is -1.47. The lowest BCUT2D eigenvalue weighted by atomic mass is 10.0. The zero-order valence-corrected chi connectivity index (χ0v) is 14.5. The SMILES string of the molecule is C=CCSCCNC(=NCC(C)(O)c1cnn(C)c1)NCC. The highest BCUT2D eigenvalue weighted by atomic mass is 32.2. The maximum atomic E-state index is 10.5. The fraction of sp³-hybridized carbons (Fsp3) is 0.600. The Morgan fingerprint density at radius 1 is 1.59 bits per heavy atom. The Morgan fingerprint density at radius 2 is 2.36 bits per heavy atom. The van der Waals surface area contributed by atoms with Gasteiger partial charge in [-0.05, 0) is 13.8 Å². The molecule has 0 aliphatic carbocycles. The molecule has 0 saturated heterocycles. The number of aryl methyl sites for hydroxylation is 1. The highest BCUT2D eigenvalue weighted by molar-refractivity contribution is 7.99. The number of aliphatic hydroxyl groups is 1. The van der Waals surface area contributed by atoms with Crippen LogP contribution in [0.4, 0.5) is 0 Å². The van der Waals surface area contributed by atoms with Gasteiger partial charge in [0, 0.05) is 43.4 Å². The molecule has 0 radical (unpaired) electrons. The molecule has 0 bridgehead atoms. The van der Waals surface area contributed by atoms with Crippen LogP contribution in [0, 0.1) is 0 Å². The molecule has 0 spiro atoms. The van der Waals surface area contributed by atoms with Crippen molar-refractivity contribution in [2.45, 2.75) is 19.4 Å². The molecule has 1 heterocycles. The van der Waals surface area contributed by atoms with E-state index in [9.17, 15) is 5.11 Å². The van der Waals surface area contributed by atoms with Crippen molar-refractivity contribution in [2.24, 2.45) is 12.0 Å². The van der Waals surface area contributed by atoms with Gasteiger partial charge in [-0.3, -0.25) is 4.68 Å². The van der Waals surface area contributed by atoms with Crippen LogP contribution < -0.4 is 10.6 Å². The number of nitrogens with zero attached hydrogens (tertiary/aromatic N) is 3. The van der Waals surface area contributed by atoms with Crippen molar-refractivity contribution in [1.82, 2.24) is 20.4 Å². The van der Waals surface area contributed by atoms with E-state index in [1.807, 2.05) is 38.0 Å². The van der Waals surface area contributed by atoms with Gasteiger partial charge in [-0.1, -0.05) is 6.08 Å². The Labute approximate surface area is 137 Å². The minimum Gasteiger partial charge on any atom is -0.383 e. The zero-order valence-electron chi connectivity index (χ0n) is 13.7. The Balaban J connectivity index is 2.54. The molecule has 0 aliphatic heterocycles. The average Bonchev–Trinajstić information content (AvgIpc) is 2.92. The molecule has 0 aliphatic rings. The monoisotopic (exact) mass is 325 g/mol. The topological polar surface area (TPSA) is 74.5 Å². The zero-order chi connectivity index (χ0) is 16.4. The van der Waals surface area contributed by atoms with Crippen LogP contribution in [-0.4, -0.2) is 52.0 Å². The third-order valence-electron chi connectivity index (χ3n) is 2.99. The lowest BCUT2D eigenvalue weighted by molar-refractivity contribution is 0.0672. The fourth-order valence-electron chi connectivity index (χ4n) is 1.77. The number of nitrogens with one attached hydrogen (secondary N) is 2. The van der Waals surface area contributed by atoms with Crippen LogP contribution in [0.5, 0.6) is 0 Å². The lowest BCUT2D eigenvalue weighted by Crippen LogP contribution is -2.39. The number of hydrogen-bond donors (Lipinski definition) is 3. The van der Waals surface area contributed by atoms with Crippen molar-refractivity contribution in [3.8, 4) is 0 Å². The quantitative estimate of drug-likeness (QED) is 0.274. The minimum atomic E-state index is -1.03. The predicted molar refractivity (Wildman–Crippen MR) is 94.3 cm³/mol. The van der Waals surface area contributed by atoms with Gasteiger partial charge >= 0.3 is 0 Å². The molecule has 1 aromatic heterocycles. The first-order chi connectivity index (χ1) is 10.5. The van der Waals surface area contributed by atoms with E-state index < -0.39 is 5.60 Å². The molecule has 3 N–H and O–H groups in total. The van der Waals surface area contributed by atoms with Gasteiger partial charge in [0.25, 0.3) is 0 Å². The van der Waals surface area contributed by atoms with E-state index >= 15 is 0 Å². The molecule has 0 aromatic carbocycles. The molecule has 6 nitrogen and oxygen atoms in total. The van der Waals surface area contributed by atoms with Crippen molar-refractivity contribution >= 4 is 17.7 Å². The maximum absolute atomic E-state index is 10.5. The van der Waals surface area contributed by atoms with Gasteiger partial charge in [-0.25, -0.2) is 4.99 Å². The standard InChI is InChI=1S/C15H27N5OS/c1-5-8-22-9-7-17-14(16-6-2)18-12-15(3,21)13-10-19-20(4)11-13/h5,10-11,21H,1,6-9,12H2,2-4H3,(H2,16,17,18). The van der Waals surface area contributed by atoms with Crippen LogP contribution in [0.3, 0.4) is 0 Å². The largest absolute Gasteiger partial charge is 0.383 e. The normalized spacial score (nSPS) is 14.5. The molecule has 22 heavy (non-hydrogen) atoms. The minimum absolute atomic E-state index is 0.272. The molecule has 1 aromatic rings. The van der Waals surface area contributed by atoms with Gasteiger partial charge in [-0.2, -0.15) is 16.9 Å². The highest BCUT2D eigenvalue weighted by Gasteiger charge is 2.24. The van der Waals surface area contributed by atoms with Crippen LogP contribution in [0.15, 0.2) is 30.0 Å². The Kier molecular flexibility index (Phi) is 8.05. The lowest BCUT2D eigenvalue weighted by Gasteiger charge is -2.20. The number of guanidine groups is 1. The summed E-state index contributed by atoms with van der Waals surface area (Å²) in [6.07, 6.45) is 5.37. The van der Waals surface area contributed by atoms with Crippen molar-refractivity contribution in [3.63, 3.8) is 0 Å². The van der Waals surface area contributed by atoms with E-state index in [4.69, 9.17) is 0 Å². The summed E-state index contributed by atoms with van der Waals surface area (Å²) < 4.78 is 1.67. The Morgan fingerprint density at radius 3 is 2.95 bits per heavy atom. The van der Waals surface area contributed by atoms with Gasteiger partial charge in [0.15, 0.2) is 5.96 Å². The van der Waals surface area contributed by atoms with E-state index in [1.54, 1.807) is 17.8 Å². The van der Waals surface area contributed by atoms with Crippen molar-refractivity contribution in [1.29, 1.82) is 0 Å². The molecule has 1 unspecified atom stereocenters. The van der Waals surface area contributed by atoms with Crippen LogP contribution in [0.25, 0.3) is 0 Å². The summed E-state index contributed by atoms with van der Waals surface area (Å²) in [7, 11) is 1.83. The summed E-state index contributed by atoms with van der Waals surface area (Å²) in [5.41, 5.74) is -0.273. The second-order valence-corrected chi connectivity index (χ2v) is 6.31. The van der Waals surface area contributed by atoms with Crippen molar-refractivity contribution in [2.75, 3.05) is 31.1 Å². The van der Waals surface area contributed by atoms with Crippen LogP contribution >= 0.6 is 11.8 Å². The predicted octanol–water partition coefficient (Wildman–Crippen LogP) is 1.10. The first-order valence-electron chi connectivity index (χ1n) is 7.42. The molecule has 0 saturated carbocycles. The molecule has 1 rings (SSSR count). The molecular weight excluding hydrogens is 298 g/mol. The summed E-state index contributed by atoms with van der Waals surface area (Å²) in [5, 5.41) is 21.1. The molecular formula is C15H27N5OS. The van der Waals surface area contributed by atoms with Gasteiger partial charge in [0.1, 0.15) is 5.60 Å². The first-order valence-corrected chi connectivity index (χ1v) is 8.57. The molecule has 0 fully saturated rings. The summed E-state index contributed by atoms with van der Waals surface area (Å²) in [5.74, 6) is 2.64. The summed E-state index contributed by atoms with van der Waals surface area (Å²) >= 11 is 1.81. The van der Waals surface area contributed by atoms with E-state index in [0.29, 0.717) is 5.96 Å². The van der Waals surface area contributed by atoms with E-state index in [2.05, 4.69) is 27.3 Å². The van der Waals surface area contributed by atoms with Gasteiger partial charge in [-0.15, -0.1) is 6.58 Å². The number of hydrogen-bond acceptors (Lipinski definition) is 4. The second kappa shape index (κ2) is 9.53. The van der Waals surface area contributed by atoms with Crippen LogP contribution in [0.2, 0.25) is 0 Å². The van der Waals surface area contributed by atoms with Gasteiger partial charge < -0.3 is 15.7 Å².